The molecule has 0 radical (unpaired) electrons. The Morgan fingerprint density at radius 3 is 1.89 bits per heavy atom. The van der Waals surface area contributed by atoms with Gasteiger partial charge < -0.3 is 0 Å². The van der Waals surface area contributed by atoms with E-state index in [-0.39, 0.29) is 5.97 Å². The molecule has 0 saturated heterocycles. The zero-order chi connectivity index (χ0) is 14.5. The second kappa shape index (κ2) is 6.05. The molecule has 1 rings (SSSR count). The molecule has 0 spiro atoms. The van der Waals surface area contributed by atoms with Crippen molar-refractivity contribution >= 4 is 12.8 Å². The van der Waals surface area contributed by atoms with Crippen LogP contribution in [0.2, 0.25) is 0 Å². The summed E-state index contributed by atoms with van der Waals surface area (Å²) in [5.41, 5.74) is 1.08. The van der Waals surface area contributed by atoms with Crippen molar-refractivity contribution in [3.8, 4) is 0 Å². The predicted octanol–water partition coefficient (Wildman–Crippen LogP) is 4.78. The van der Waals surface area contributed by atoms with Crippen molar-refractivity contribution in [2.24, 2.45) is 0 Å². The normalized spacial score (nSPS) is 13.9. The van der Waals surface area contributed by atoms with Crippen molar-refractivity contribution < 1.29 is 9.32 Å². The summed E-state index contributed by atoms with van der Waals surface area (Å²) in [6.45, 7) is 8.49. The Labute approximate surface area is 117 Å². The van der Waals surface area contributed by atoms with Gasteiger partial charge in [-0.05, 0) is 0 Å². The Hall–Kier alpha value is -0.880. The fraction of sp³-hybridized carbons (Fsp3) is 0.562. The second-order valence-corrected chi connectivity index (χ2v) is 12.0. The van der Waals surface area contributed by atoms with Crippen molar-refractivity contribution in [1.82, 2.24) is 0 Å². The van der Waals surface area contributed by atoms with E-state index < -0.39 is 6.83 Å². The summed E-state index contributed by atoms with van der Waals surface area (Å²) in [7, 11) is 0. The van der Waals surface area contributed by atoms with E-state index in [1.165, 1.54) is 0 Å². The van der Waals surface area contributed by atoms with Crippen molar-refractivity contribution in [2.45, 2.75) is 40.3 Å². The summed E-state index contributed by atoms with van der Waals surface area (Å²) >= 11 is 0. The van der Waals surface area contributed by atoms with Gasteiger partial charge in [-0.25, -0.2) is 0 Å². The van der Waals surface area contributed by atoms with Gasteiger partial charge in [-0.3, -0.25) is 0 Å². The van der Waals surface area contributed by atoms with Crippen LogP contribution in [0.5, 0.6) is 0 Å². The quantitative estimate of drug-likeness (QED) is 0.702. The molecular formula is C16H27O2P. The molecule has 0 aliphatic rings. The first-order valence-electron chi connectivity index (χ1n) is 7.23. The van der Waals surface area contributed by atoms with Crippen LogP contribution in [0.15, 0.2) is 30.3 Å². The van der Waals surface area contributed by atoms with Gasteiger partial charge in [0.25, 0.3) is 0 Å². The van der Waals surface area contributed by atoms with Crippen LogP contribution >= 0.6 is 6.83 Å². The molecule has 0 bridgehead atoms. The molecule has 1 aromatic rings. The fourth-order valence-electron chi connectivity index (χ4n) is 2.92. The van der Waals surface area contributed by atoms with Crippen LogP contribution in [0.3, 0.4) is 0 Å². The number of carbonyl (C=O) groups is 1. The van der Waals surface area contributed by atoms with E-state index in [9.17, 15) is 4.79 Å². The van der Waals surface area contributed by atoms with E-state index in [0.717, 1.165) is 18.5 Å². The topological polar surface area (TPSA) is 26.3 Å². The van der Waals surface area contributed by atoms with Crippen LogP contribution in [-0.4, -0.2) is 30.1 Å². The van der Waals surface area contributed by atoms with E-state index in [2.05, 4.69) is 34.6 Å². The number of carbonyl (C=O) groups excluding carboxylic acids is 1. The van der Waals surface area contributed by atoms with Gasteiger partial charge in [-0.15, -0.1) is 0 Å². The average molecular weight is 282 g/mol. The maximum atomic E-state index is 12.5. The number of rotatable bonds is 6. The zero-order valence-corrected chi connectivity index (χ0v) is 13.7. The molecule has 19 heavy (non-hydrogen) atoms. The van der Waals surface area contributed by atoms with E-state index in [1.807, 2.05) is 30.3 Å². The van der Waals surface area contributed by atoms with Gasteiger partial charge >= 0.3 is 117 Å². The number of benzene rings is 1. The monoisotopic (exact) mass is 282 g/mol. The molecule has 0 atom stereocenters. The van der Waals surface area contributed by atoms with Gasteiger partial charge in [0, 0.05) is 0 Å². The molecule has 0 amide bonds. The average Bonchev–Trinajstić information content (AvgIpc) is 2.46. The van der Waals surface area contributed by atoms with Crippen LogP contribution in [0, 0.1) is 0 Å². The molecule has 0 aliphatic heterocycles. The van der Waals surface area contributed by atoms with Gasteiger partial charge in [-0.1, -0.05) is 0 Å². The number of hydrogen-bond donors (Lipinski definition) is 0. The first-order valence-corrected chi connectivity index (χ1v) is 10.0. The summed E-state index contributed by atoms with van der Waals surface area (Å²) in [5, 5.41) is 0. The molecule has 0 heterocycles. The molecule has 0 fully saturated rings. The van der Waals surface area contributed by atoms with Crippen LogP contribution in [0.1, 0.15) is 45.0 Å². The van der Waals surface area contributed by atoms with Crippen LogP contribution < -0.4 is 0 Å². The zero-order valence-electron chi connectivity index (χ0n) is 12.8. The summed E-state index contributed by atoms with van der Waals surface area (Å²) in [4.78, 5) is 12.5. The van der Waals surface area contributed by atoms with E-state index in [0.29, 0.717) is 11.2 Å². The summed E-state index contributed by atoms with van der Waals surface area (Å²) in [6.07, 6.45) is 2.90. The number of hydrogen-bond acceptors (Lipinski definition) is 2. The Bertz CT molecular complexity index is 411. The molecule has 0 saturated carbocycles. The van der Waals surface area contributed by atoms with E-state index >= 15 is 0 Å². The SMILES string of the molecule is CCP(CC)(CC)(OC(=O)c1ccccc1)C(C)C. The van der Waals surface area contributed by atoms with E-state index in [4.69, 9.17) is 4.52 Å². The first-order chi connectivity index (χ1) is 8.93. The first kappa shape index (κ1) is 16.2. The molecule has 0 unspecified atom stereocenters. The van der Waals surface area contributed by atoms with Gasteiger partial charge in [-0.2, -0.15) is 0 Å². The third-order valence-corrected chi connectivity index (χ3v) is 12.7. The Morgan fingerprint density at radius 2 is 1.53 bits per heavy atom. The van der Waals surface area contributed by atoms with Crippen LogP contribution in [0.4, 0.5) is 0 Å². The van der Waals surface area contributed by atoms with E-state index in [1.54, 1.807) is 0 Å². The van der Waals surface area contributed by atoms with Gasteiger partial charge in [0.2, 0.25) is 0 Å². The fourth-order valence-corrected chi connectivity index (χ4v) is 7.60. The van der Waals surface area contributed by atoms with Gasteiger partial charge in [0.05, 0.1) is 0 Å². The Balaban J connectivity index is 3.13. The van der Waals surface area contributed by atoms with Crippen LogP contribution in [-0.2, 0) is 4.52 Å². The van der Waals surface area contributed by atoms with Crippen molar-refractivity contribution in [3.05, 3.63) is 35.9 Å². The van der Waals surface area contributed by atoms with Crippen molar-refractivity contribution in [2.75, 3.05) is 18.5 Å². The minimum atomic E-state index is -2.42. The molecular weight excluding hydrogens is 255 g/mol. The molecule has 0 N–H and O–H groups in total. The third-order valence-electron chi connectivity index (χ3n) is 4.92. The van der Waals surface area contributed by atoms with Gasteiger partial charge in [0.1, 0.15) is 0 Å². The molecule has 3 heteroatoms. The molecule has 0 aromatic heterocycles. The maximum absolute atomic E-state index is 12.5. The van der Waals surface area contributed by atoms with Crippen LogP contribution in [0.25, 0.3) is 0 Å². The molecule has 2 nitrogen and oxygen atoms in total. The van der Waals surface area contributed by atoms with Crippen molar-refractivity contribution in [3.63, 3.8) is 0 Å². The van der Waals surface area contributed by atoms with Gasteiger partial charge in [0.15, 0.2) is 0 Å². The Kier molecular flexibility index (Phi) is 5.15. The molecule has 0 aliphatic carbocycles. The standard InChI is InChI=1S/C16H27O2P/c1-6-19(7-2,8-3,14(4)5)18-16(17)15-12-10-9-11-13-15/h9-14H,6-8H2,1-5H3. The minimum absolute atomic E-state index is 0.155. The Morgan fingerprint density at radius 1 is 1.05 bits per heavy atom. The summed E-state index contributed by atoms with van der Waals surface area (Å²) in [6, 6.07) is 9.33. The van der Waals surface area contributed by atoms with Crippen molar-refractivity contribution in [1.29, 1.82) is 0 Å². The molecule has 108 valence electrons. The summed E-state index contributed by atoms with van der Waals surface area (Å²) in [5.74, 6) is -0.155. The molecule has 1 aromatic carbocycles. The third kappa shape index (κ3) is 2.84. The predicted molar refractivity (Wildman–Crippen MR) is 85.5 cm³/mol. The second-order valence-electron chi connectivity index (χ2n) is 5.50. The summed E-state index contributed by atoms with van der Waals surface area (Å²) < 4.78 is 6.21.